The third-order valence-corrected chi connectivity index (χ3v) is 6.54. The Morgan fingerprint density at radius 1 is 1.28 bits per heavy atom. The van der Waals surface area contributed by atoms with Crippen molar-refractivity contribution < 1.29 is 30.8 Å². The minimum Gasteiger partial charge on any atom is -0.492 e. The topological polar surface area (TPSA) is 119 Å². The molecule has 1 unspecified atom stereocenters. The highest BCUT2D eigenvalue weighted by atomic mass is 32.2. The Morgan fingerprint density at radius 3 is 2.56 bits per heavy atom. The van der Waals surface area contributed by atoms with E-state index in [1.54, 1.807) is 0 Å². The van der Waals surface area contributed by atoms with Crippen molar-refractivity contribution >= 4 is 25.8 Å². The Morgan fingerprint density at radius 2 is 1.96 bits per heavy atom. The van der Waals surface area contributed by atoms with Crippen LogP contribution in [0.25, 0.3) is 0 Å². The maximum Gasteiger partial charge on any atom is 0.235 e. The number of halogens is 1. The Balaban J connectivity index is 1.69. The Bertz CT molecular complexity index is 808. The molecular formula is C14H19FN2O6S2. The minimum atomic E-state index is -3.74. The number of sulfonamides is 1. The molecule has 1 aromatic carbocycles. The van der Waals surface area contributed by atoms with Gasteiger partial charge in [-0.05, 0) is 30.7 Å². The summed E-state index contributed by atoms with van der Waals surface area (Å²) in [4.78, 5) is 11.7. The summed E-state index contributed by atoms with van der Waals surface area (Å²) in [5.74, 6) is -1.18. The molecule has 0 spiro atoms. The van der Waals surface area contributed by atoms with Crippen LogP contribution >= 0.6 is 0 Å². The lowest BCUT2D eigenvalue weighted by Gasteiger charge is -2.12. The van der Waals surface area contributed by atoms with Crippen LogP contribution in [0.15, 0.2) is 24.3 Å². The number of sulfone groups is 1. The van der Waals surface area contributed by atoms with E-state index >= 15 is 0 Å². The maximum atomic E-state index is 12.7. The zero-order valence-corrected chi connectivity index (χ0v) is 14.9. The van der Waals surface area contributed by atoms with Crippen LogP contribution in [0.3, 0.4) is 0 Å². The zero-order chi connectivity index (χ0) is 18.5. The number of carbonyl (C=O) groups excluding carboxylic acids is 1. The quantitative estimate of drug-likeness (QED) is 0.609. The van der Waals surface area contributed by atoms with Gasteiger partial charge in [-0.2, -0.15) is 0 Å². The molecule has 2 N–H and O–H groups in total. The van der Waals surface area contributed by atoms with E-state index in [1.807, 2.05) is 0 Å². The van der Waals surface area contributed by atoms with Gasteiger partial charge in [0.25, 0.3) is 0 Å². The molecule has 1 amide bonds. The standard InChI is InChI=1S/C14H19FN2O6S2/c15-11-1-3-13(4-2-11)23-6-8-25(21,22)16-9-14(18)17-12-5-7-24(19,20)10-12/h1-4,12,16H,5-10H2,(H,17,18). The molecule has 1 atom stereocenters. The molecular weight excluding hydrogens is 375 g/mol. The molecule has 0 saturated carbocycles. The van der Waals surface area contributed by atoms with Crippen LogP contribution in [0.2, 0.25) is 0 Å². The SMILES string of the molecule is O=C(CNS(=O)(=O)CCOc1ccc(F)cc1)NC1CCS(=O)(=O)C1. The van der Waals surface area contributed by atoms with Gasteiger partial charge in [0.2, 0.25) is 15.9 Å². The number of nitrogens with one attached hydrogen (secondary N) is 2. The molecule has 2 rings (SSSR count). The molecule has 1 saturated heterocycles. The molecule has 0 bridgehead atoms. The summed E-state index contributed by atoms with van der Waals surface area (Å²) in [5.41, 5.74) is 0. The highest BCUT2D eigenvalue weighted by Crippen LogP contribution is 2.11. The van der Waals surface area contributed by atoms with Crippen LogP contribution in [0, 0.1) is 5.82 Å². The molecule has 25 heavy (non-hydrogen) atoms. The van der Waals surface area contributed by atoms with E-state index in [0.29, 0.717) is 12.2 Å². The van der Waals surface area contributed by atoms with Crippen molar-refractivity contribution in [3.8, 4) is 5.75 Å². The summed E-state index contributed by atoms with van der Waals surface area (Å²) < 4.78 is 66.2. The van der Waals surface area contributed by atoms with Gasteiger partial charge in [0.1, 0.15) is 18.2 Å². The molecule has 0 radical (unpaired) electrons. The summed E-state index contributed by atoms with van der Waals surface area (Å²) in [7, 11) is -6.86. The zero-order valence-electron chi connectivity index (χ0n) is 13.3. The van der Waals surface area contributed by atoms with Crippen molar-refractivity contribution in [3.63, 3.8) is 0 Å². The lowest BCUT2D eigenvalue weighted by Crippen LogP contribution is -2.43. The van der Waals surface area contributed by atoms with Gasteiger partial charge in [-0.3, -0.25) is 4.79 Å². The first-order valence-electron chi connectivity index (χ1n) is 7.51. The van der Waals surface area contributed by atoms with Gasteiger partial charge in [0.05, 0.1) is 23.8 Å². The Labute approximate surface area is 145 Å². The van der Waals surface area contributed by atoms with Gasteiger partial charge in [0, 0.05) is 6.04 Å². The number of benzene rings is 1. The average molecular weight is 394 g/mol. The fourth-order valence-corrected chi connectivity index (χ4v) is 4.71. The summed E-state index contributed by atoms with van der Waals surface area (Å²) in [6.07, 6.45) is 0.326. The molecule has 1 aliphatic heterocycles. The number of amides is 1. The van der Waals surface area contributed by atoms with Crippen LogP contribution in [-0.2, 0) is 24.7 Å². The minimum absolute atomic E-state index is 0.0183. The third-order valence-electron chi connectivity index (χ3n) is 3.48. The number of rotatable bonds is 8. The first-order valence-corrected chi connectivity index (χ1v) is 11.0. The van der Waals surface area contributed by atoms with Gasteiger partial charge >= 0.3 is 0 Å². The Hall–Kier alpha value is -1.72. The molecule has 11 heteroatoms. The molecule has 8 nitrogen and oxygen atoms in total. The first kappa shape index (κ1) is 19.6. The monoisotopic (exact) mass is 394 g/mol. The van der Waals surface area contributed by atoms with E-state index < -0.39 is 44.2 Å². The molecule has 0 aromatic heterocycles. The number of ether oxygens (including phenoxy) is 1. The van der Waals surface area contributed by atoms with Crippen LogP contribution in [0.1, 0.15) is 6.42 Å². The van der Waals surface area contributed by atoms with E-state index in [4.69, 9.17) is 4.74 Å². The van der Waals surface area contributed by atoms with Crippen LogP contribution < -0.4 is 14.8 Å². The van der Waals surface area contributed by atoms with Crippen molar-refractivity contribution in [2.75, 3.05) is 30.4 Å². The molecule has 1 aliphatic rings. The van der Waals surface area contributed by atoms with E-state index in [1.165, 1.54) is 24.3 Å². The largest absolute Gasteiger partial charge is 0.492 e. The normalized spacial score (nSPS) is 19.5. The summed E-state index contributed by atoms with van der Waals surface area (Å²) in [5, 5.41) is 2.48. The number of hydrogen-bond acceptors (Lipinski definition) is 6. The summed E-state index contributed by atoms with van der Waals surface area (Å²) >= 11 is 0. The first-order chi connectivity index (χ1) is 11.7. The predicted molar refractivity (Wildman–Crippen MR) is 88.9 cm³/mol. The maximum absolute atomic E-state index is 12.7. The van der Waals surface area contributed by atoms with Crippen molar-refractivity contribution in [2.24, 2.45) is 0 Å². The van der Waals surface area contributed by atoms with Crippen molar-refractivity contribution in [1.82, 2.24) is 10.0 Å². The lowest BCUT2D eigenvalue weighted by molar-refractivity contribution is -0.120. The van der Waals surface area contributed by atoms with E-state index in [0.717, 1.165) is 0 Å². The Kier molecular flexibility index (Phi) is 6.36. The van der Waals surface area contributed by atoms with E-state index in [-0.39, 0.29) is 23.9 Å². The van der Waals surface area contributed by atoms with Gasteiger partial charge in [-0.1, -0.05) is 0 Å². The smallest absolute Gasteiger partial charge is 0.235 e. The van der Waals surface area contributed by atoms with Gasteiger partial charge in [0.15, 0.2) is 9.84 Å². The fourth-order valence-electron chi connectivity index (χ4n) is 2.24. The predicted octanol–water partition coefficient (Wildman–Crippen LogP) is -0.573. The fraction of sp³-hybridized carbons (Fsp3) is 0.500. The van der Waals surface area contributed by atoms with E-state index in [2.05, 4.69) is 10.0 Å². The summed E-state index contributed by atoms with van der Waals surface area (Å²) in [6, 6.07) is 4.64. The second kappa shape index (κ2) is 8.11. The molecule has 1 heterocycles. The summed E-state index contributed by atoms with van der Waals surface area (Å²) in [6.45, 7) is -0.640. The highest BCUT2D eigenvalue weighted by molar-refractivity contribution is 7.91. The van der Waals surface area contributed by atoms with Crippen LogP contribution in [-0.4, -0.2) is 59.2 Å². The van der Waals surface area contributed by atoms with E-state index in [9.17, 15) is 26.0 Å². The molecule has 140 valence electrons. The molecule has 0 aliphatic carbocycles. The van der Waals surface area contributed by atoms with Gasteiger partial charge < -0.3 is 10.1 Å². The van der Waals surface area contributed by atoms with Crippen molar-refractivity contribution in [2.45, 2.75) is 12.5 Å². The second-order valence-electron chi connectivity index (χ2n) is 5.61. The average Bonchev–Trinajstić information content (AvgIpc) is 2.86. The van der Waals surface area contributed by atoms with Gasteiger partial charge in [-0.25, -0.2) is 25.9 Å². The molecule has 1 fully saturated rings. The highest BCUT2D eigenvalue weighted by Gasteiger charge is 2.29. The van der Waals surface area contributed by atoms with Crippen molar-refractivity contribution in [1.29, 1.82) is 0 Å². The van der Waals surface area contributed by atoms with Crippen LogP contribution in [0.5, 0.6) is 5.75 Å². The molecule has 1 aromatic rings. The van der Waals surface area contributed by atoms with Gasteiger partial charge in [-0.15, -0.1) is 0 Å². The second-order valence-corrected chi connectivity index (χ2v) is 9.76. The lowest BCUT2D eigenvalue weighted by atomic mass is 10.2. The number of hydrogen-bond donors (Lipinski definition) is 2. The third kappa shape index (κ3) is 6.96. The van der Waals surface area contributed by atoms with Crippen LogP contribution in [0.4, 0.5) is 4.39 Å². The van der Waals surface area contributed by atoms with Crippen molar-refractivity contribution in [3.05, 3.63) is 30.1 Å². The number of carbonyl (C=O) groups is 1.